The van der Waals surface area contributed by atoms with Gasteiger partial charge in [0.05, 0.1) is 5.60 Å². The van der Waals surface area contributed by atoms with E-state index in [2.05, 4.69) is 43.4 Å². The predicted molar refractivity (Wildman–Crippen MR) is 68.5 cm³/mol. The van der Waals surface area contributed by atoms with E-state index in [-0.39, 0.29) is 12.1 Å². The number of rotatable bonds is 4. The molecule has 0 bridgehead atoms. The van der Waals surface area contributed by atoms with Crippen LogP contribution < -0.4 is 5.32 Å². The third kappa shape index (κ3) is 3.62. The fraction of sp³-hybridized carbons (Fsp3) is 0.571. The summed E-state index contributed by atoms with van der Waals surface area (Å²) in [7, 11) is 0. The fourth-order valence-corrected chi connectivity index (χ4v) is 1.53. The molecule has 0 aliphatic carbocycles. The molecule has 0 amide bonds. The first kappa shape index (κ1) is 13.2. The molecule has 16 heavy (non-hydrogen) atoms. The normalized spacial score (nSPS) is 15.9. The third-order valence-corrected chi connectivity index (χ3v) is 3.14. The van der Waals surface area contributed by atoms with Crippen molar-refractivity contribution in [3.63, 3.8) is 0 Å². The van der Waals surface area contributed by atoms with Gasteiger partial charge in [0.2, 0.25) is 0 Å². The lowest BCUT2D eigenvalue weighted by atomic mass is 9.98. The highest BCUT2D eigenvalue weighted by Gasteiger charge is 2.23. The van der Waals surface area contributed by atoms with E-state index >= 15 is 0 Å². The van der Waals surface area contributed by atoms with Crippen molar-refractivity contribution in [1.29, 1.82) is 0 Å². The zero-order valence-electron chi connectivity index (χ0n) is 10.9. The SMILES string of the molecule is Cc1ccc([C@H](C)NC(C)C(C)(C)O)cc1. The van der Waals surface area contributed by atoms with Crippen LogP contribution in [0.1, 0.15) is 44.9 Å². The Bertz CT molecular complexity index is 324. The van der Waals surface area contributed by atoms with Crippen molar-refractivity contribution in [2.45, 2.75) is 52.3 Å². The maximum atomic E-state index is 9.86. The van der Waals surface area contributed by atoms with E-state index in [1.54, 1.807) is 0 Å². The third-order valence-electron chi connectivity index (χ3n) is 3.14. The van der Waals surface area contributed by atoms with Crippen LogP contribution in [-0.4, -0.2) is 16.7 Å². The molecule has 90 valence electrons. The van der Waals surface area contributed by atoms with Gasteiger partial charge in [0.15, 0.2) is 0 Å². The van der Waals surface area contributed by atoms with Gasteiger partial charge in [-0.1, -0.05) is 29.8 Å². The topological polar surface area (TPSA) is 32.3 Å². The van der Waals surface area contributed by atoms with E-state index in [4.69, 9.17) is 0 Å². The van der Waals surface area contributed by atoms with E-state index in [9.17, 15) is 5.11 Å². The highest BCUT2D eigenvalue weighted by Crippen LogP contribution is 2.17. The van der Waals surface area contributed by atoms with Crippen molar-refractivity contribution < 1.29 is 5.11 Å². The van der Waals surface area contributed by atoms with Gasteiger partial charge in [-0.25, -0.2) is 0 Å². The molecule has 2 atom stereocenters. The summed E-state index contributed by atoms with van der Waals surface area (Å²) in [5.74, 6) is 0. The molecule has 0 aliphatic heterocycles. The van der Waals surface area contributed by atoms with Crippen molar-refractivity contribution in [3.8, 4) is 0 Å². The second-order valence-electron chi connectivity index (χ2n) is 5.17. The lowest BCUT2D eigenvalue weighted by Gasteiger charge is -2.30. The van der Waals surface area contributed by atoms with Gasteiger partial charge in [0, 0.05) is 12.1 Å². The Labute approximate surface area is 98.7 Å². The molecule has 0 fully saturated rings. The van der Waals surface area contributed by atoms with Crippen molar-refractivity contribution in [2.75, 3.05) is 0 Å². The molecule has 0 saturated heterocycles. The Morgan fingerprint density at radius 3 is 2.06 bits per heavy atom. The molecule has 0 radical (unpaired) electrons. The quantitative estimate of drug-likeness (QED) is 0.819. The Morgan fingerprint density at radius 1 is 1.12 bits per heavy atom. The van der Waals surface area contributed by atoms with Crippen LogP contribution in [0.2, 0.25) is 0 Å². The van der Waals surface area contributed by atoms with Crippen LogP contribution in [0.3, 0.4) is 0 Å². The summed E-state index contributed by atoms with van der Waals surface area (Å²) in [4.78, 5) is 0. The van der Waals surface area contributed by atoms with Crippen molar-refractivity contribution in [1.82, 2.24) is 5.32 Å². The van der Waals surface area contributed by atoms with Gasteiger partial charge in [-0.3, -0.25) is 0 Å². The lowest BCUT2D eigenvalue weighted by Crippen LogP contribution is -2.45. The summed E-state index contributed by atoms with van der Waals surface area (Å²) < 4.78 is 0. The number of aryl methyl sites for hydroxylation is 1. The molecular weight excluding hydrogens is 198 g/mol. The Kier molecular flexibility index (Phi) is 4.11. The van der Waals surface area contributed by atoms with Gasteiger partial charge >= 0.3 is 0 Å². The first-order chi connectivity index (χ1) is 7.30. The summed E-state index contributed by atoms with van der Waals surface area (Å²) in [6.45, 7) is 9.86. The molecule has 2 nitrogen and oxygen atoms in total. The van der Waals surface area contributed by atoms with Crippen LogP contribution in [0, 0.1) is 6.92 Å². The molecule has 0 spiro atoms. The van der Waals surface area contributed by atoms with E-state index in [1.807, 2.05) is 20.8 Å². The van der Waals surface area contributed by atoms with Crippen LogP contribution in [-0.2, 0) is 0 Å². The smallest absolute Gasteiger partial charge is 0.0741 e. The minimum absolute atomic E-state index is 0.0591. The molecule has 1 unspecified atom stereocenters. The fourth-order valence-electron chi connectivity index (χ4n) is 1.53. The first-order valence-electron chi connectivity index (χ1n) is 5.85. The minimum Gasteiger partial charge on any atom is -0.389 e. The van der Waals surface area contributed by atoms with Crippen LogP contribution >= 0.6 is 0 Å². The highest BCUT2D eigenvalue weighted by molar-refractivity contribution is 5.23. The molecule has 0 aromatic heterocycles. The predicted octanol–water partition coefficient (Wildman–Crippen LogP) is 2.81. The van der Waals surface area contributed by atoms with Crippen molar-refractivity contribution >= 4 is 0 Å². The summed E-state index contributed by atoms with van der Waals surface area (Å²) >= 11 is 0. The second kappa shape index (κ2) is 4.98. The Balaban J connectivity index is 2.65. The average molecular weight is 221 g/mol. The summed E-state index contributed by atoms with van der Waals surface area (Å²) in [5.41, 5.74) is 1.83. The van der Waals surface area contributed by atoms with Crippen molar-refractivity contribution in [3.05, 3.63) is 35.4 Å². The zero-order valence-corrected chi connectivity index (χ0v) is 10.9. The van der Waals surface area contributed by atoms with E-state index in [0.717, 1.165) is 0 Å². The van der Waals surface area contributed by atoms with Gasteiger partial charge in [-0.15, -0.1) is 0 Å². The van der Waals surface area contributed by atoms with Gasteiger partial charge in [-0.05, 0) is 40.2 Å². The maximum Gasteiger partial charge on any atom is 0.0741 e. The average Bonchev–Trinajstić information content (AvgIpc) is 2.17. The van der Waals surface area contributed by atoms with Crippen LogP contribution in [0.4, 0.5) is 0 Å². The maximum absolute atomic E-state index is 9.86. The Hall–Kier alpha value is -0.860. The molecule has 0 saturated carbocycles. The lowest BCUT2D eigenvalue weighted by molar-refractivity contribution is 0.0405. The number of hydrogen-bond donors (Lipinski definition) is 2. The molecule has 0 aliphatic rings. The first-order valence-corrected chi connectivity index (χ1v) is 5.85. The molecule has 0 heterocycles. The van der Waals surface area contributed by atoms with E-state index in [1.165, 1.54) is 11.1 Å². The van der Waals surface area contributed by atoms with Gasteiger partial charge in [-0.2, -0.15) is 0 Å². The highest BCUT2D eigenvalue weighted by atomic mass is 16.3. The van der Waals surface area contributed by atoms with Gasteiger partial charge < -0.3 is 10.4 Å². The largest absolute Gasteiger partial charge is 0.389 e. The molecule has 1 rings (SSSR count). The summed E-state index contributed by atoms with van der Waals surface area (Å²) in [6, 6.07) is 8.80. The number of hydrogen-bond acceptors (Lipinski definition) is 2. The van der Waals surface area contributed by atoms with Crippen LogP contribution in [0.25, 0.3) is 0 Å². The molecule has 1 aromatic carbocycles. The molecule has 2 N–H and O–H groups in total. The molecule has 2 heteroatoms. The van der Waals surface area contributed by atoms with Gasteiger partial charge in [0.25, 0.3) is 0 Å². The van der Waals surface area contributed by atoms with Gasteiger partial charge in [0.1, 0.15) is 0 Å². The minimum atomic E-state index is -0.695. The van der Waals surface area contributed by atoms with E-state index in [0.29, 0.717) is 0 Å². The second-order valence-corrected chi connectivity index (χ2v) is 5.17. The zero-order chi connectivity index (χ0) is 12.3. The number of aliphatic hydroxyl groups is 1. The van der Waals surface area contributed by atoms with Crippen molar-refractivity contribution in [2.24, 2.45) is 0 Å². The summed E-state index contributed by atoms with van der Waals surface area (Å²) in [6.07, 6.45) is 0. The molecular formula is C14H23NO. The number of benzene rings is 1. The number of nitrogens with one attached hydrogen (secondary N) is 1. The monoisotopic (exact) mass is 221 g/mol. The van der Waals surface area contributed by atoms with E-state index < -0.39 is 5.60 Å². The molecule has 1 aromatic rings. The summed E-state index contributed by atoms with van der Waals surface area (Å²) in [5, 5.41) is 13.3. The Morgan fingerprint density at radius 2 is 1.62 bits per heavy atom. The van der Waals surface area contributed by atoms with Crippen LogP contribution in [0.15, 0.2) is 24.3 Å². The standard InChI is InChI=1S/C14H23NO/c1-10-6-8-13(9-7-10)11(2)15-12(3)14(4,5)16/h6-9,11-12,15-16H,1-5H3/t11-,12?/m0/s1. The van der Waals surface area contributed by atoms with Crippen LogP contribution in [0.5, 0.6) is 0 Å².